The average molecular weight is 633 g/mol. The van der Waals surface area contributed by atoms with Crippen molar-refractivity contribution in [2.75, 3.05) is 13.2 Å². The Kier molecular flexibility index (Phi) is 8.07. The van der Waals surface area contributed by atoms with E-state index < -0.39 is 29.3 Å². The molecule has 1 unspecified atom stereocenters. The largest absolute Gasteiger partial charge is 0.488 e. The van der Waals surface area contributed by atoms with Gasteiger partial charge in [0.2, 0.25) is 0 Å². The molecule has 1 fully saturated rings. The van der Waals surface area contributed by atoms with Crippen LogP contribution in [0.5, 0.6) is 5.75 Å². The number of hydrogen-bond acceptors (Lipinski definition) is 7. The topological polar surface area (TPSA) is 73.8 Å². The van der Waals surface area contributed by atoms with Gasteiger partial charge in [-0.3, -0.25) is 4.90 Å². The lowest BCUT2D eigenvalue weighted by molar-refractivity contribution is -0.0637. The van der Waals surface area contributed by atoms with Gasteiger partial charge in [-0.25, -0.2) is 9.18 Å². The van der Waals surface area contributed by atoms with Crippen LogP contribution in [0, 0.1) is 5.82 Å². The van der Waals surface area contributed by atoms with E-state index in [2.05, 4.69) is 26.1 Å². The maximum atomic E-state index is 15.1. The molecule has 1 saturated heterocycles. The van der Waals surface area contributed by atoms with Crippen LogP contribution in [0.15, 0.2) is 34.8 Å². The molecular weight excluding hydrogens is 608 g/mol. The van der Waals surface area contributed by atoms with E-state index >= 15 is 4.39 Å². The Balaban J connectivity index is 1.51. The van der Waals surface area contributed by atoms with Gasteiger partial charge in [-0.05, 0) is 58.9 Å². The lowest BCUT2D eigenvalue weighted by Gasteiger charge is -2.35. The highest BCUT2D eigenvalue weighted by molar-refractivity contribution is 9.10. The summed E-state index contributed by atoms with van der Waals surface area (Å²) >= 11 is 17.3. The fraction of sp³-hybridized carbons (Fsp3) is 0.400. The van der Waals surface area contributed by atoms with Crippen molar-refractivity contribution in [3.8, 4) is 26.9 Å². The summed E-state index contributed by atoms with van der Waals surface area (Å²) in [6.07, 6.45) is -0.531. The molecule has 37 heavy (non-hydrogen) atoms. The Morgan fingerprint density at radius 2 is 1.92 bits per heavy atom. The van der Waals surface area contributed by atoms with Crippen LogP contribution in [0.2, 0.25) is 10.0 Å². The molecule has 12 heteroatoms. The number of carbonyl (C=O) groups is 1. The third-order valence-electron chi connectivity index (χ3n) is 5.38. The summed E-state index contributed by atoms with van der Waals surface area (Å²) in [6, 6.07) is 7.57. The summed E-state index contributed by atoms with van der Waals surface area (Å²) in [4.78, 5) is 14.3. The van der Waals surface area contributed by atoms with Gasteiger partial charge in [-0.15, -0.1) is 10.2 Å². The van der Waals surface area contributed by atoms with Crippen molar-refractivity contribution < 1.29 is 23.4 Å². The van der Waals surface area contributed by atoms with Gasteiger partial charge in [-0.1, -0.05) is 50.5 Å². The van der Waals surface area contributed by atoms with E-state index in [1.54, 1.807) is 46.8 Å². The number of hydrogen-bond donors (Lipinski definition) is 0. The van der Waals surface area contributed by atoms with Crippen LogP contribution in [0.1, 0.15) is 34.6 Å². The van der Waals surface area contributed by atoms with Crippen LogP contribution in [0.3, 0.4) is 0 Å². The molecule has 1 amide bonds. The first-order chi connectivity index (χ1) is 17.2. The molecule has 1 aliphatic rings. The summed E-state index contributed by atoms with van der Waals surface area (Å²) < 4.78 is 32.9. The smallest absolute Gasteiger partial charge is 0.413 e. The monoisotopic (exact) mass is 631 g/mol. The average Bonchev–Trinajstić information content (AvgIpc) is 3.36. The van der Waals surface area contributed by atoms with Gasteiger partial charge in [0.05, 0.1) is 17.7 Å². The van der Waals surface area contributed by atoms with Crippen molar-refractivity contribution in [3.63, 3.8) is 0 Å². The molecule has 0 bridgehead atoms. The molecule has 1 aromatic heterocycles. The molecule has 1 aliphatic heterocycles. The Morgan fingerprint density at radius 1 is 1.22 bits per heavy atom. The summed E-state index contributed by atoms with van der Waals surface area (Å²) in [5, 5.41) is 10.2. The number of rotatable bonds is 5. The highest BCUT2D eigenvalue weighted by Gasteiger charge is 2.46. The van der Waals surface area contributed by atoms with Crippen molar-refractivity contribution in [2.45, 2.75) is 52.0 Å². The fourth-order valence-corrected chi connectivity index (χ4v) is 5.82. The second-order valence-corrected chi connectivity index (χ2v) is 12.6. The Morgan fingerprint density at radius 3 is 2.59 bits per heavy atom. The Bertz CT molecular complexity index is 1310. The molecule has 0 radical (unpaired) electrons. The maximum absolute atomic E-state index is 15.1. The fourth-order valence-electron chi connectivity index (χ4n) is 3.80. The van der Waals surface area contributed by atoms with E-state index in [0.29, 0.717) is 20.6 Å². The maximum Gasteiger partial charge on any atom is 0.413 e. The second-order valence-electron chi connectivity index (χ2n) is 9.91. The SMILES string of the molecule is CC(C)(C)OC(=O)N1C(COc2cc(Cl)c(-c3nnc(-c4cc(Cl)cc(Br)c4)s3)cc2F)COC1(C)C. The van der Waals surface area contributed by atoms with Crippen LogP contribution >= 0.6 is 50.5 Å². The zero-order valence-corrected chi connectivity index (χ0v) is 24.7. The number of carbonyl (C=O) groups excluding carboxylic acids is 1. The van der Waals surface area contributed by atoms with Gasteiger partial charge in [0, 0.05) is 26.7 Å². The summed E-state index contributed by atoms with van der Waals surface area (Å²) in [6.45, 7) is 9.09. The molecule has 0 spiro atoms. The van der Waals surface area contributed by atoms with Crippen LogP contribution in [-0.2, 0) is 9.47 Å². The Hall–Kier alpha value is -1.98. The molecule has 0 N–H and O–H groups in total. The van der Waals surface area contributed by atoms with Gasteiger partial charge in [0.1, 0.15) is 27.9 Å². The molecule has 2 heterocycles. The van der Waals surface area contributed by atoms with Gasteiger partial charge in [0.15, 0.2) is 11.6 Å². The molecule has 7 nitrogen and oxygen atoms in total. The van der Waals surface area contributed by atoms with E-state index in [-0.39, 0.29) is 24.0 Å². The molecule has 0 saturated carbocycles. The normalized spacial score (nSPS) is 17.2. The molecule has 4 rings (SSSR count). The Labute approximate surface area is 237 Å². The third kappa shape index (κ3) is 6.54. The minimum atomic E-state index is -0.898. The molecule has 3 aromatic rings. The molecule has 2 aromatic carbocycles. The summed E-state index contributed by atoms with van der Waals surface area (Å²) in [5.74, 6) is -0.672. The first-order valence-corrected chi connectivity index (χ1v) is 13.7. The lowest BCUT2D eigenvalue weighted by Crippen LogP contribution is -2.51. The van der Waals surface area contributed by atoms with Crippen molar-refractivity contribution in [2.24, 2.45) is 0 Å². The first-order valence-electron chi connectivity index (χ1n) is 11.3. The minimum Gasteiger partial charge on any atom is -0.488 e. The van der Waals surface area contributed by atoms with Crippen LogP contribution in [-0.4, -0.2) is 51.8 Å². The number of benzene rings is 2. The van der Waals surface area contributed by atoms with Crippen LogP contribution < -0.4 is 4.74 Å². The van der Waals surface area contributed by atoms with Crippen molar-refractivity contribution in [3.05, 3.63) is 50.7 Å². The predicted molar refractivity (Wildman–Crippen MR) is 146 cm³/mol. The highest BCUT2D eigenvalue weighted by Crippen LogP contribution is 2.38. The first kappa shape index (κ1) is 28.0. The second kappa shape index (κ2) is 10.6. The van der Waals surface area contributed by atoms with Crippen molar-refractivity contribution >= 4 is 56.6 Å². The van der Waals surface area contributed by atoms with Gasteiger partial charge in [0.25, 0.3) is 0 Å². The number of nitrogens with zero attached hydrogens (tertiary/aromatic N) is 3. The standard InChI is InChI=1S/C25H25BrCl2FN3O4S/c1-24(2,3)36-23(33)32-16(12-35-25(32,4)5)11-34-20-10-18(28)17(9-19(20)29)22-31-30-21(37-22)13-6-14(26)8-15(27)7-13/h6-10,16H,11-12H2,1-5H3. The predicted octanol–water partition coefficient (Wildman–Crippen LogP) is 7.83. The molecular formula is C25H25BrCl2FN3O4S. The van der Waals surface area contributed by atoms with E-state index in [0.717, 1.165) is 10.0 Å². The van der Waals surface area contributed by atoms with Crippen LogP contribution in [0.4, 0.5) is 9.18 Å². The third-order valence-corrected chi connectivity index (χ3v) is 7.38. The number of ether oxygens (including phenoxy) is 3. The zero-order chi connectivity index (χ0) is 27.1. The van der Waals surface area contributed by atoms with Gasteiger partial charge >= 0.3 is 6.09 Å². The quantitative estimate of drug-likeness (QED) is 0.285. The van der Waals surface area contributed by atoms with Crippen molar-refractivity contribution in [1.29, 1.82) is 0 Å². The molecule has 0 aliphatic carbocycles. The van der Waals surface area contributed by atoms with E-state index in [4.69, 9.17) is 37.4 Å². The minimum absolute atomic E-state index is 0.0120. The van der Waals surface area contributed by atoms with E-state index in [9.17, 15) is 4.79 Å². The molecule has 1 atom stereocenters. The number of aromatic nitrogens is 2. The van der Waals surface area contributed by atoms with Crippen LogP contribution in [0.25, 0.3) is 21.1 Å². The van der Waals surface area contributed by atoms with Crippen molar-refractivity contribution in [1.82, 2.24) is 15.1 Å². The van der Waals surface area contributed by atoms with Gasteiger partial charge < -0.3 is 14.2 Å². The van der Waals surface area contributed by atoms with E-state index in [1.165, 1.54) is 28.4 Å². The highest BCUT2D eigenvalue weighted by atomic mass is 79.9. The van der Waals surface area contributed by atoms with Gasteiger partial charge in [-0.2, -0.15) is 0 Å². The number of amides is 1. The zero-order valence-electron chi connectivity index (χ0n) is 20.8. The molecule has 198 valence electrons. The lowest BCUT2D eigenvalue weighted by atomic mass is 10.2. The number of halogens is 4. The van der Waals surface area contributed by atoms with E-state index in [1.807, 2.05) is 6.07 Å². The summed E-state index contributed by atoms with van der Waals surface area (Å²) in [7, 11) is 0. The summed E-state index contributed by atoms with van der Waals surface area (Å²) in [5.41, 5.74) is -0.414.